The van der Waals surface area contributed by atoms with Crippen LogP contribution in [-0.2, 0) is 24.0 Å². The second kappa shape index (κ2) is 17.9. The quantitative estimate of drug-likeness (QED) is 0.0431. The lowest BCUT2D eigenvalue weighted by Gasteiger charge is -2.25. The van der Waals surface area contributed by atoms with Crippen molar-refractivity contribution in [3.8, 4) is 0 Å². The average Bonchev–Trinajstić information content (AvgIpc) is 2.81. The predicted octanol–water partition coefficient (Wildman–Crippen LogP) is -4.32. The van der Waals surface area contributed by atoms with Gasteiger partial charge in [0.05, 0.1) is 6.10 Å². The number of carbonyl (C=O) groups excluding carboxylic acids is 4. The number of carbonyl (C=O) groups is 5. The normalized spacial score (nSPS) is 14.8. The Morgan fingerprint density at radius 1 is 0.811 bits per heavy atom. The molecule has 0 aliphatic rings. The maximum Gasteiger partial charge on any atom is 0.326 e. The summed E-state index contributed by atoms with van der Waals surface area (Å²) in [5, 5.41) is 26.2. The topological polar surface area (TPSA) is 304 Å². The molecule has 0 radical (unpaired) electrons. The fourth-order valence-corrected chi connectivity index (χ4v) is 3.11. The van der Waals surface area contributed by atoms with Crippen molar-refractivity contribution in [1.82, 2.24) is 16.0 Å². The van der Waals surface area contributed by atoms with E-state index in [9.17, 15) is 34.2 Å². The van der Waals surface area contributed by atoms with Gasteiger partial charge in [0.25, 0.3) is 0 Å². The van der Waals surface area contributed by atoms with E-state index in [1.54, 1.807) is 0 Å². The van der Waals surface area contributed by atoms with E-state index in [1.165, 1.54) is 6.92 Å². The number of amides is 4. The molecule has 0 saturated carbocycles. The molecule has 0 heterocycles. The van der Waals surface area contributed by atoms with Gasteiger partial charge in [0.2, 0.25) is 23.6 Å². The van der Waals surface area contributed by atoms with Crippen molar-refractivity contribution in [3.05, 3.63) is 0 Å². The van der Waals surface area contributed by atoms with E-state index in [0.717, 1.165) is 0 Å². The number of unbranched alkanes of at least 4 members (excludes halogenated alkanes) is 1. The minimum absolute atomic E-state index is 0.0210. The Morgan fingerprint density at radius 3 is 1.78 bits per heavy atom. The van der Waals surface area contributed by atoms with E-state index in [-0.39, 0.29) is 44.6 Å². The van der Waals surface area contributed by atoms with Gasteiger partial charge in [-0.25, -0.2) is 4.79 Å². The molecule has 16 heteroatoms. The first-order valence-electron chi connectivity index (χ1n) is 11.9. The van der Waals surface area contributed by atoms with Crippen LogP contribution >= 0.6 is 0 Å². The standard InChI is InChI=1S/C21H41N9O7/c1-11(31)16(24)19(35)29-12(5-2-3-9-22)17(33)28-13(6-4-10-27-21(25)26)18(34)30-14(20(36)37)7-8-15(23)32/h11-14,16,31H,2-10,22,24H2,1H3,(H2,23,32)(H,28,33)(H,29,35)(H,30,34)(H,36,37)(H4,25,26,27). The Kier molecular flexibility index (Phi) is 16.2. The summed E-state index contributed by atoms with van der Waals surface area (Å²) in [4.78, 5) is 64.7. The first kappa shape index (κ1) is 33.5. The van der Waals surface area contributed by atoms with Crippen molar-refractivity contribution in [2.75, 3.05) is 13.1 Å². The van der Waals surface area contributed by atoms with Gasteiger partial charge in [-0.2, -0.15) is 0 Å². The minimum Gasteiger partial charge on any atom is -0.480 e. The lowest BCUT2D eigenvalue weighted by atomic mass is 10.0. The van der Waals surface area contributed by atoms with Crippen molar-refractivity contribution in [2.24, 2.45) is 33.7 Å². The Morgan fingerprint density at radius 2 is 1.32 bits per heavy atom. The number of hydrogen-bond donors (Lipinski definition) is 10. The molecule has 4 amide bonds. The molecule has 212 valence electrons. The zero-order valence-electron chi connectivity index (χ0n) is 21.0. The molecule has 0 bridgehead atoms. The first-order valence-corrected chi connectivity index (χ1v) is 11.9. The number of aliphatic carboxylic acids is 1. The number of carboxylic acids is 1. The molecule has 5 atom stereocenters. The molecule has 0 aromatic rings. The zero-order chi connectivity index (χ0) is 28.5. The number of carboxylic acid groups (broad SMARTS) is 1. The van der Waals surface area contributed by atoms with Crippen LogP contribution in [0.1, 0.15) is 51.9 Å². The van der Waals surface area contributed by atoms with Crippen LogP contribution in [0.25, 0.3) is 0 Å². The van der Waals surface area contributed by atoms with Gasteiger partial charge in [0.1, 0.15) is 24.2 Å². The zero-order valence-corrected chi connectivity index (χ0v) is 21.0. The van der Waals surface area contributed by atoms with E-state index in [1.807, 2.05) is 0 Å². The van der Waals surface area contributed by atoms with Gasteiger partial charge in [-0.3, -0.25) is 24.2 Å². The van der Waals surface area contributed by atoms with Crippen LogP contribution in [0.2, 0.25) is 0 Å². The Labute approximate surface area is 215 Å². The summed E-state index contributed by atoms with van der Waals surface area (Å²) in [5.41, 5.74) is 26.8. The molecule has 15 N–H and O–H groups in total. The fourth-order valence-electron chi connectivity index (χ4n) is 3.11. The third-order valence-electron chi connectivity index (χ3n) is 5.27. The highest BCUT2D eigenvalue weighted by molar-refractivity contribution is 5.94. The lowest BCUT2D eigenvalue weighted by Crippen LogP contribution is -2.58. The molecule has 0 aliphatic heterocycles. The number of hydrogen-bond acceptors (Lipinski definition) is 9. The minimum atomic E-state index is -1.43. The van der Waals surface area contributed by atoms with Gasteiger partial charge in [0.15, 0.2) is 5.96 Å². The molecule has 16 nitrogen and oxygen atoms in total. The van der Waals surface area contributed by atoms with Gasteiger partial charge in [0, 0.05) is 13.0 Å². The number of aliphatic hydroxyl groups is 1. The molecular formula is C21H41N9O7. The van der Waals surface area contributed by atoms with Crippen LogP contribution < -0.4 is 44.6 Å². The number of rotatable bonds is 19. The Hall–Kier alpha value is -3.50. The number of guanidine groups is 1. The predicted molar refractivity (Wildman–Crippen MR) is 134 cm³/mol. The van der Waals surface area contributed by atoms with Crippen molar-refractivity contribution in [3.63, 3.8) is 0 Å². The fraction of sp³-hybridized carbons (Fsp3) is 0.714. The number of aliphatic hydroxyl groups excluding tert-OH is 1. The Bertz CT molecular complexity index is 803. The molecule has 0 rings (SSSR count). The lowest BCUT2D eigenvalue weighted by molar-refractivity contribution is -0.142. The number of nitrogens with zero attached hydrogens (tertiary/aromatic N) is 1. The van der Waals surface area contributed by atoms with Crippen LogP contribution in [0.3, 0.4) is 0 Å². The van der Waals surface area contributed by atoms with Crippen LogP contribution in [0.4, 0.5) is 0 Å². The maximum atomic E-state index is 13.1. The Balaban J connectivity index is 5.67. The summed E-state index contributed by atoms with van der Waals surface area (Å²) in [5.74, 6) is -4.63. The molecule has 0 spiro atoms. The van der Waals surface area contributed by atoms with Gasteiger partial charge >= 0.3 is 5.97 Å². The summed E-state index contributed by atoms with van der Waals surface area (Å²) in [6.45, 7) is 1.81. The van der Waals surface area contributed by atoms with Crippen molar-refractivity contribution in [2.45, 2.75) is 82.1 Å². The molecule has 5 unspecified atom stereocenters. The number of aliphatic imine (C=N–C) groups is 1. The van der Waals surface area contributed by atoms with E-state index in [2.05, 4.69) is 20.9 Å². The third-order valence-corrected chi connectivity index (χ3v) is 5.27. The summed E-state index contributed by atoms with van der Waals surface area (Å²) in [7, 11) is 0. The highest BCUT2D eigenvalue weighted by Gasteiger charge is 2.30. The second-order valence-corrected chi connectivity index (χ2v) is 8.53. The smallest absolute Gasteiger partial charge is 0.326 e. The average molecular weight is 532 g/mol. The van der Waals surface area contributed by atoms with Crippen LogP contribution in [0.5, 0.6) is 0 Å². The summed E-state index contributed by atoms with van der Waals surface area (Å²) >= 11 is 0. The maximum absolute atomic E-state index is 13.1. The largest absolute Gasteiger partial charge is 0.480 e. The monoisotopic (exact) mass is 531 g/mol. The van der Waals surface area contributed by atoms with E-state index in [0.29, 0.717) is 19.4 Å². The molecule has 0 aromatic carbocycles. The SMILES string of the molecule is CC(O)C(N)C(=O)NC(CCCCN)C(=O)NC(CCCN=C(N)N)C(=O)NC(CCC(N)=O)C(=O)O. The highest BCUT2D eigenvalue weighted by atomic mass is 16.4. The van der Waals surface area contributed by atoms with Crippen molar-refractivity contribution < 1.29 is 34.2 Å². The summed E-state index contributed by atoms with van der Waals surface area (Å²) < 4.78 is 0. The summed E-state index contributed by atoms with van der Waals surface area (Å²) in [6, 6.07) is -5.05. The molecule has 0 aliphatic carbocycles. The van der Waals surface area contributed by atoms with Gasteiger partial charge in [-0.1, -0.05) is 0 Å². The van der Waals surface area contributed by atoms with Gasteiger partial charge in [-0.15, -0.1) is 0 Å². The molecule has 0 aromatic heterocycles. The highest BCUT2D eigenvalue weighted by Crippen LogP contribution is 2.07. The molecule has 0 fully saturated rings. The summed E-state index contributed by atoms with van der Waals surface area (Å²) in [6.07, 6.45) is -0.244. The van der Waals surface area contributed by atoms with Crippen molar-refractivity contribution >= 4 is 35.6 Å². The first-order chi connectivity index (χ1) is 17.3. The number of primary amides is 1. The number of nitrogens with one attached hydrogen (secondary N) is 3. The molecule has 0 saturated heterocycles. The van der Waals surface area contributed by atoms with Gasteiger partial charge < -0.3 is 54.8 Å². The van der Waals surface area contributed by atoms with Gasteiger partial charge in [-0.05, 0) is 52.0 Å². The van der Waals surface area contributed by atoms with E-state index >= 15 is 0 Å². The third kappa shape index (κ3) is 14.6. The van der Waals surface area contributed by atoms with E-state index < -0.39 is 59.9 Å². The van der Waals surface area contributed by atoms with Crippen LogP contribution in [0, 0.1) is 0 Å². The van der Waals surface area contributed by atoms with Crippen molar-refractivity contribution in [1.29, 1.82) is 0 Å². The molecular weight excluding hydrogens is 490 g/mol. The van der Waals surface area contributed by atoms with E-state index in [4.69, 9.17) is 28.7 Å². The van der Waals surface area contributed by atoms with Crippen LogP contribution in [-0.4, -0.2) is 89.1 Å². The molecule has 37 heavy (non-hydrogen) atoms. The number of nitrogens with two attached hydrogens (primary N) is 5. The second-order valence-electron chi connectivity index (χ2n) is 8.53. The van der Waals surface area contributed by atoms with Crippen LogP contribution in [0.15, 0.2) is 4.99 Å².